The van der Waals surface area contributed by atoms with Gasteiger partial charge < -0.3 is 24.8 Å². The minimum atomic E-state index is -1.51. The molecule has 2 N–H and O–H groups in total. The summed E-state index contributed by atoms with van der Waals surface area (Å²) in [5, 5.41) is 6.24. The summed E-state index contributed by atoms with van der Waals surface area (Å²) in [4.78, 5) is 39.6. The number of fused-ring (bicyclic) bond motifs is 1. The van der Waals surface area contributed by atoms with Crippen molar-refractivity contribution in [3.05, 3.63) is 93.3 Å². The van der Waals surface area contributed by atoms with E-state index in [0.717, 1.165) is 41.0 Å². The molecule has 252 valence electrons. The summed E-state index contributed by atoms with van der Waals surface area (Å²) in [7, 11) is 5.43. The number of nitrogens with zero attached hydrogens (tertiary/aromatic N) is 5. The molecule has 0 unspecified atom stereocenters. The molecule has 0 spiro atoms. The summed E-state index contributed by atoms with van der Waals surface area (Å²) in [6.45, 7) is 4.01. The molecule has 48 heavy (non-hydrogen) atoms. The third-order valence-corrected chi connectivity index (χ3v) is 9.44. The number of nitrogens with one attached hydrogen (secondary N) is 2. The van der Waals surface area contributed by atoms with Crippen LogP contribution < -0.4 is 10.6 Å². The quantitative estimate of drug-likeness (QED) is 0.239. The van der Waals surface area contributed by atoms with Crippen LogP contribution in [0, 0.1) is 6.92 Å². The van der Waals surface area contributed by atoms with Crippen LogP contribution in [0.4, 0.5) is 20.2 Å². The summed E-state index contributed by atoms with van der Waals surface area (Å²) in [6, 6.07) is 12.5. The molecule has 0 saturated carbocycles. The maximum atomic E-state index is 13.7. The van der Waals surface area contributed by atoms with Crippen molar-refractivity contribution in [1.29, 1.82) is 0 Å². The first-order valence-corrected chi connectivity index (χ1v) is 16.1. The number of amides is 2. The van der Waals surface area contributed by atoms with Crippen molar-refractivity contribution in [3.8, 4) is 11.1 Å². The van der Waals surface area contributed by atoms with Crippen molar-refractivity contribution in [2.75, 3.05) is 44.4 Å². The van der Waals surface area contributed by atoms with Gasteiger partial charge in [-0.25, -0.2) is 13.8 Å². The Bertz CT molecular complexity index is 1860. The van der Waals surface area contributed by atoms with Crippen LogP contribution in [0.25, 0.3) is 11.1 Å². The SMILES string of the molecule is COCc1cc(C(=O)Nc2cccc(-c3cccc(NC(=O)c4nc5c(n4C)CCN(C)C5)c3Cl)c2C)ncc1CN1C[C@H](F)[C@@H](F)C1. The molecule has 4 aromatic rings. The number of likely N-dealkylation sites (tertiary alicyclic amines) is 1. The van der Waals surface area contributed by atoms with Crippen LogP contribution in [0.2, 0.25) is 5.02 Å². The average Bonchev–Trinajstić information content (AvgIpc) is 3.56. The first-order chi connectivity index (χ1) is 23.0. The number of aromatic nitrogens is 3. The number of anilines is 2. The van der Waals surface area contributed by atoms with Gasteiger partial charge in [-0.1, -0.05) is 35.9 Å². The van der Waals surface area contributed by atoms with E-state index in [9.17, 15) is 18.4 Å². The van der Waals surface area contributed by atoms with Crippen LogP contribution in [-0.4, -0.2) is 82.3 Å². The molecule has 10 nitrogen and oxygen atoms in total. The van der Waals surface area contributed by atoms with E-state index in [2.05, 4.69) is 25.5 Å². The smallest absolute Gasteiger partial charge is 0.291 e. The molecule has 13 heteroatoms. The van der Waals surface area contributed by atoms with E-state index >= 15 is 0 Å². The average molecular weight is 678 g/mol. The normalized spacial score (nSPS) is 18.1. The lowest BCUT2D eigenvalue weighted by atomic mass is 9.98. The van der Waals surface area contributed by atoms with Crippen LogP contribution in [-0.2, 0) is 37.9 Å². The minimum absolute atomic E-state index is 0.00847. The number of ether oxygens (including phenoxy) is 1. The second-order valence-corrected chi connectivity index (χ2v) is 12.8. The molecule has 4 heterocycles. The molecule has 1 saturated heterocycles. The van der Waals surface area contributed by atoms with Gasteiger partial charge in [0.15, 0.2) is 5.82 Å². The summed E-state index contributed by atoms with van der Waals surface area (Å²) in [5.74, 6) is -0.453. The van der Waals surface area contributed by atoms with Gasteiger partial charge in [0.1, 0.15) is 18.0 Å². The molecule has 0 radical (unpaired) electrons. The van der Waals surface area contributed by atoms with E-state index in [1.807, 2.05) is 49.9 Å². The lowest BCUT2D eigenvalue weighted by molar-refractivity contribution is 0.100. The number of likely N-dealkylation sites (N-methyl/N-ethyl adjacent to an activating group) is 1. The maximum absolute atomic E-state index is 13.7. The van der Waals surface area contributed by atoms with Crippen LogP contribution in [0.15, 0.2) is 48.7 Å². The zero-order valence-corrected chi connectivity index (χ0v) is 28.1. The molecule has 6 rings (SSSR count). The predicted octanol–water partition coefficient (Wildman–Crippen LogP) is 5.57. The van der Waals surface area contributed by atoms with Crippen molar-refractivity contribution in [2.24, 2.45) is 7.05 Å². The molecule has 0 aliphatic carbocycles. The Morgan fingerprint density at radius 1 is 1.00 bits per heavy atom. The van der Waals surface area contributed by atoms with Gasteiger partial charge in [-0.15, -0.1) is 0 Å². The summed E-state index contributed by atoms with van der Waals surface area (Å²) >= 11 is 6.90. The molecule has 2 aromatic carbocycles. The Balaban J connectivity index is 1.20. The third-order valence-electron chi connectivity index (χ3n) is 9.04. The fraction of sp³-hybridized carbons (Fsp3) is 0.371. The molecule has 2 aliphatic heterocycles. The van der Waals surface area contributed by atoms with Gasteiger partial charge in [0.05, 0.1) is 23.0 Å². The van der Waals surface area contributed by atoms with E-state index in [1.54, 1.807) is 36.4 Å². The number of carbonyl (C=O) groups is 2. The van der Waals surface area contributed by atoms with Crippen LogP contribution in [0.3, 0.4) is 0 Å². The zero-order valence-electron chi connectivity index (χ0n) is 27.3. The number of carbonyl (C=O) groups excluding carboxylic acids is 2. The summed E-state index contributed by atoms with van der Waals surface area (Å²) in [6.07, 6.45) is -0.640. The van der Waals surface area contributed by atoms with Gasteiger partial charge in [0.25, 0.3) is 11.8 Å². The van der Waals surface area contributed by atoms with Gasteiger partial charge in [0, 0.05) is 76.4 Å². The van der Waals surface area contributed by atoms with E-state index in [1.165, 1.54) is 0 Å². The topological polar surface area (TPSA) is 105 Å². The first-order valence-electron chi connectivity index (χ1n) is 15.8. The Kier molecular flexibility index (Phi) is 9.88. The van der Waals surface area contributed by atoms with Crippen molar-refractivity contribution in [3.63, 3.8) is 0 Å². The predicted molar refractivity (Wildman–Crippen MR) is 181 cm³/mol. The van der Waals surface area contributed by atoms with Crippen LogP contribution >= 0.6 is 11.6 Å². The maximum Gasteiger partial charge on any atom is 0.291 e. The first kappa shape index (κ1) is 33.7. The summed E-state index contributed by atoms with van der Waals surface area (Å²) < 4.78 is 34.7. The molecule has 2 aromatic heterocycles. The third kappa shape index (κ3) is 6.84. The number of alkyl halides is 2. The number of imidazole rings is 1. The largest absolute Gasteiger partial charge is 0.380 e. The van der Waals surface area contributed by atoms with Gasteiger partial charge in [0.2, 0.25) is 0 Å². The fourth-order valence-corrected chi connectivity index (χ4v) is 6.65. The van der Waals surface area contributed by atoms with E-state index < -0.39 is 18.3 Å². The zero-order chi connectivity index (χ0) is 34.1. The highest BCUT2D eigenvalue weighted by Gasteiger charge is 2.33. The highest BCUT2D eigenvalue weighted by Crippen LogP contribution is 2.38. The molecule has 2 atom stereocenters. The van der Waals surface area contributed by atoms with Crippen LogP contribution in [0.1, 0.15) is 49.2 Å². The standard InChI is InChI=1S/C35H38ClF2N7O3/c1-20-23(24-8-6-10-28(32(24)36)42-35(47)33-40-30-18-43(2)12-11-31(30)44(33)3)7-5-9-27(20)41-34(46)29-13-21(19-48-4)22(14-39-29)15-45-16-25(37)26(38)17-45/h5-10,13-14,25-26H,11-12,15-19H2,1-4H3,(H,41,46)(H,42,47)/t25-,26-/m0/s1. The highest BCUT2D eigenvalue weighted by molar-refractivity contribution is 6.36. The number of hydrogen-bond acceptors (Lipinski definition) is 7. The van der Waals surface area contributed by atoms with Crippen molar-refractivity contribution < 1.29 is 23.1 Å². The summed E-state index contributed by atoms with van der Waals surface area (Å²) in [5.41, 5.74) is 6.82. The fourth-order valence-electron chi connectivity index (χ4n) is 6.37. The lowest BCUT2D eigenvalue weighted by Gasteiger charge is -2.21. The number of methoxy groups -OCH3 is 1. The Labute approximate surface area is 283 Å². The Morgan fingerprint density at radius 2 is 1.69 bits per heavy atom. The number of benzene rings is 2. The lowest BCUT2D eigenvalue weighted by Crippen LogP contribution is -2.27. The molecule has 0 bridgehead atoms. The Hall–Kier alpha value is -4.23. The highest BCUT2D eigenvalue weighted by atomic mass is 35.5. The second-order valence-electron chi connectivity index (χ2n) is 12.4. The van der Waals surface area contributed by atoms with Crippen molar-refractivity contribution >= 4 is 34.8 Å². The molecule has 2 aliphatic rings. The minimum Gasteiger partial charge on any atom is -0.380 e. The van der Waals surface area contributed by atoms with Crippen molar-refractivity contribution in [2.45, 2.75) is 45.4 Å². The van der Waals surface area contributed by atoms with E-state index in [-0.39, 0.29) is 31.3 Å². The number of hydrogen-bond donors (Lipinski definition) is 2. The number of halogens is 3. The molecule has 2 amide bonds. The van der Waals surface area contributed by atoms with Crippen LogP contribution in [0.5, 0.6) is 0 Å². The monoisotopic (exact) mass is 677 g/mol. The van der Waals surface area contributed by atoms with Crippen molar-refractivity contribution in [1.82, 2.24) is 24.3 Å². The van der Waals surface area contributed by atoms with Gasteiger partial charge in [-0.3, -0.25) is 19.5 Å². The molecular formula is C35H38ClF2N7O3. The number of pyridine rings is 1. The van der Waals surface area contributed by atoms with Gasteiger partial charge in [-0.05, 0) is 54.4 Å². The van der Waals surface area contributed by atoms with E-state index in [0.29, 0.717) is 46.4 Å². The van der Waals surface area contributed by atoms with Gasteiger partial charge >= 0.3 is 0 Å². The number of rotatable bonds is 9. The molecular weight excluding hydrogens is 640 g/mol. The van der Waals surface area contributed by atoms with E-state index in [4.69, 9.17) is 16.3 Å². The van der Waals surface area contributed by atoms with Gasteiger partial charge in [-0.2, -0.15) is 0 Å². The Morgan fingerprint density at radius 3 is 2.42 bits per heavy atom. The second kappa shape index (κ2) is 14.1. The molecule has 1 fully saturated rings.